The molecule has 1 unspecified atom stereocenters. The number of carbonyl (C=O) groups excluding carboxylic acids is 1. The lowest BCUT2D eigenvalue weighted by Gasteiger charge is -2.18. The highest BCUT2D eigenvalue weighted by Gasteiger charge is 2.27. The van der Waals surface area contributed by atoms with Crippen molar-refractivity contribution in [1.29, 1.82) is 0 Å². The molecule has 1 aromatic heterocycles. The molecule has 26 heavy (non-hydrogen) atoms. The van der Waals surface area contributed by atoms with Crippen LogP contribution in [0.2, 0.25) is 0 Å². The number of aryl methyl sites for hydroxylation is 1. The fourth-order valence-corrected chi connectivity index (χ4v) is 4.69. The number of hydrogen-bond acceptors (Lipinski definition) is 5. The molecule has 1 amide bonds. The number of nitrogens with zero attached hydrogens (tertiary/aromatic N) is 2. The van der Waals surface area contributed by atoms with E-state index in [-0.39, 0.29) is 30.7 Å². The molecule has 8 heteroatoms. The topological polar surface area (TPSA) is 45.2 Å². The molecule has 3 rings (SSSR count). The summed E-state index contributed by atoms with van der Waals surface area (Å²) in [4.78, 5) is 20.5. The van der Waals surface area contributed by atoms with Crippen molar-refractivity contribution in [3.8, 4) is 0 Å². The van der Waals surface area contributed by atoms with Crippen LogP contribution in [0, 0.1) is 12.8 Å². The summed E-state index contributed by atoms with van der Waals surface area (Å²) < 4.78 is 0. The van der Waals surface area contributed by atoms with E-state index < -0.39 is 0 Å². The van der Waals surface area contributed by atoms with Crippen molar-refractivity contribution < 1.29 is 4.79 Å². The standard InChI is InChI=1S/C18H23N3OS2.2ClH/c1-13-20-15(11-23-13)12-24-17-6-4-3-5-16(17)18(22)21-8-7-14(10-21)9-19-2;;/h3-6,11,14,19H,7-10,12H2,1-2H3;2*1H. The molecule has 0 spiro atoms. The van der Waals surface area contributed by atoms with Crippen LogP contribution in [0.4, 0.5) is 0 Å². The summed E-state index contributed by atoms with van der Waals surface area (Å²) in [6.45, 7) is 4.70. The second kappa shape index (κ2) is 11.1. The van der Waals surface area contributed by atoms with Gasteiger partial charge in [-0.1, -0.05) is 12.1 Å². The number of likely N-dealkylation sites (tertiary alicyclic amines) is 1. The molecule has 1 saturated heterocycles. The highest BCUT2D eigenvalue weighted by molar-refractivity contribution is 7.98. The van der Waals surface area contributed by atoms with Crippen molar-refractivity contribution in [3.63, 3.8) is 0 Å². The van der Waals surface area contributed by atoms with Gasteiger partial charge in [-0.15, -0.1) is 47.9 Å². The van der Waals surface area contributed by atoms with Crippen LogP contribution in [0.15, 0.2) is 34.5 Å². The Morgan fingerprint density at radius 1 is 1.38 bits per heavy atom. The Hall–Kier alpha value is -0.790. The third-order valence-corrected chi connectivity index (χ3v) is 6.15. The number of nitrogens with one attached hydrogen (secondary N) is 1. The molecule has 1 aromatic carbocycles. The molecule has 0 radical (unpaired) electrons. The van der Waals surface area contributed by atoms with Gasteiger partial charge in [0.1, 0.15) is 0 Å². The van der Waals surface area contributed by atoms with Crippen LogP contribution in [0.3, 0.4) is 0 Å². The molecular weight excluding hydrogens is 409 g/mol. The first kappa shape index (κ1) is 23.2. The van der Waals surface area contributed by atoms with Gasteiger partial charge in [0.15, 0.2) is 0 Å². The molecule has 1 aliphatic heterocycles. The minimum Gasteiger partial charge on any atom is -0.338 e. The number of hydrogen-bond donors (Lipinski definition) is 1. The van der Waals surface area contributed by atoms with Gasteiger partial charge in [0, 0.05) is 29.1 Å². The molecule has 1 atom stereocenters. The van der Waals surface area contributed by atoms with Crippen molar-refractivity contribution in [2.24, 2.45) is 5.92 Å². The van der Waals surface area contributed by atoms with E-state index in [1.165, 1.54) is 0 Å². The van der Waals surface area contributed by atoms with Gasteiger partial charge in [-0.05, 0) is 45.0 Å². The van der Waals surface area contributed by atoms with E-state index >= 15 is 0 Å². The maximum Gasteiger partial charge on any atom is 0.254 e. The van der Waals surface area contributed by atoms with Crippen molar-refractivity contribution in [2.75, 3.05) is 26.7 Å². The van der Waals surface area contributed by atoms with Crippen molar-refractivity contribution in [3.05, 3.63) is 45.9 Å². The second-order valence-corrected chi connectivity index (χ2v) is 8.19. The van der Waals surface area contributed by atoms with Crippen LogP contribution >= 0.6 is 47.9 Å². The monoisotopic (exact) mass is 433 g/mol. The molecular formula is C18H25Cl2N3OS2. The van der Waals surface area contributed by atoms with Gasteiger partial charge in [-0.3, -0.25) is 4.79 Å². The summed E-state index contributed by atoms with van der Waals surface area (Å²) in [7, 11) is 1.97. The third-order valence-electron chi connectivity index (χ3n) is 4.23. The van der Waals surface area contributed by atoms with Crippen LogP contribution in [0.25, 0.3) is 0 Å². The van der Waals surface area contributed by atoms with E-state index in [1.54, 1.807) is 23.1 Å². The molecule has 2 aromatic rings. The smallest absolute Gasteiger partial charge is 0.254 e. The summed E-state index contributed by atoms with van der Waals surface area (Å²) in [6.07, 6.45) is 1.08. The number of halogens is 2. The van der Waals surface area contributed by atoms with Gasteiger partial charge in [0.05, 0.1) is 16.3 Å². The quantitative estimate of drug-likeness (QED) is 0.690. The van der Waals surface area contributed by atoms with Crippen LogP contribution in [0.1, 0.15) is 27.5 Å². The van der Waals surface area contributed by atoms with Crippen LogP contribution < -0.4 is 5.32 Å². The van der Waals surface area contributed by atoms with Crippen molar-refractivity contribution in [2.45, 2.75) is 24.0 Å². The fourth-order valence-electron chi connectivity index (χ4n) is 3.04. The Morgan fingerprint density at radius 2 is 2.15 bits per heavy atom. The van der Waals surface area contributed by atoms with E-state index in [9.17, 15) is 4.79 Å². The maximum absolute atomic E-state index is 12.9. The highest BCUT2D eigenvalue weighted by Crippen LogP contribution is 2.29. The Balaban J connectivity index is 0.00000169. The number of carbonyl (C=O) groups is 1. The van der Waals surface area contributed by atoms with Gasteiger partial charge in [-0.25, -0.2) is 4.98 Å². The summed E-state index contributed by atoms with van der Waals surface area (Å²) in [5, 5.41) is 6.39. The molecule has 144 valence electrons. The van der Waals surface area contributed by atoms with Gasteiger partial charge < -0.3 is 10.2 Å². The van der Waals surface area contributed by atoms with E-state index in [4.69, 9.17) is 0 Å². The number of thioether (sulfide) groups is 1. The molecule has 0 saturated carbocycles. The zero-order chi connectivity index (χ0) is 16.9. The SMILES string of the molecule is CNCC1CCN(C(=O)c2ccccc2SCc2csc(C)n2)C1.Cl.Cl. The zero-order valence-electron chi connectivity index (χ0n) is 14.9. The molecule has 0 bridgehead atoms. The molecule has 2 heterocycles. The van der Waals surface area contributed by atoms with Gasteiger partial charge in [0.25, 0.3) is 5.91 Å². The number of rotatable bonds is 6. The third kappa shape index (κ3) is 5.86. The molecule has 0 aliphatic carbocycles. The van der Waals surface area contributed by atoms with Gasteiger partial charge in [0.2, 0.25) is 0 Å². The highest BCUT2D eigenvalue weighted by atomic mass is 35.5. The minimum atomic E-state index is 0. The zero-order valence-corrected chi connectivity index (χ0v) is 18.2. The second-order valence-electron chi connectivity index (χ2n) is 6.11. The van der Waals surface area contributed by atoms with Crippen LogP contribution in [0.5, 0.6) is 0 Å². The van der Waals surface area contributed by atoms with Gasteiger partial charge >= 0.3 is 0 Å². The van der Waals surface area contributed by atoms with Gasteiger partial charge in [-0.2, -0.15) is 0 Å². The average molecular weight is 434 g/mol. The summed E-state index contributed by atoms with van der Waals surface area (Å²) in [5.74, 6) is 1.53. The lowest BCUT2D eigenvalue weighted by atomic mass is 10.1. The van der Waals surface area contributed by atoms with E-state index in [0.717, 1.165) is 53.0 Å². The first-order valence-electron chi connectivity index (χ1n) is 8.24. The first-order valence-corrected chi connectivity index (χ1v) is 10.1. The number of benzene rings is 1. The summed E-state index contributed by atoms with van der Waals surface area (Å²) >= 11 is 3.37. The Labute approximate surface area is 176 Å². The predicted octanol–water partition coefficient (Wildman–Crippen LogP) is 4.27. The van der Waals surface area contributed by atoms with Crippen molar-refractivity contribution in [1.82, 2.24) is 15.2 Å². The lowest BCUT2D eigenvalue weighted by molar-refractivity contribution is 0.0784. The molecule has 1 aliphatic rings. The normalized spacial score (nSPS) is 16.1. The Bertz CT molecular complexity index is 711. The maximum atomic E-state index is 12.9. The Morgan fingerprint density at radius 3 is 2.85 bits per heavy atom. The fraction of sp³-hybridized carbons (Fsp3) is 0.444. The van der Waals surface area contributed by atoms with Crippen LogP contribution in [-0.2, 0) is 5.75 Å². The first-order chi connectivity index (χ1) is 11.7. The van der Waals surface area contributed by atoms with E-state index in [2.05, 4.69) is 15.7 Å². The number of aromatic nitrogens is 1. The average Bonchev–Trinajstić information content (AvgIpc) is 3.22. The van der Waals surface area contributed by atoms with Crippen molar-refractivity contribution >= 4 is 53.8 Å². The van der Waals surface area contributed by atoms with E-state index in [0.29, 0.717) is 5.92 Å². The lowest BCUT2D eigenvalue weighted by Crippen LogP contribution is -2.30. The minimum absolute atomic E-state index is 0. The predicted molar refractivity (Wildman–Crippen MR) is 115 cm³/mol. The number of amides is 1. The molecule has 1 fully saturated rings. The van der Waals surface area contributed by atoms with E-state index in [1.807, 2.05) is 43.1 Å². The van der Waals surface area contributed by atoms with Crippen LogP contribution in [-0.4, -0.2) is 42.5 Å². The largest absolute Gasteiger partial charge is 0.338 e. The summed E-state index contributed by atoms with van der Waals surface area (Å²) in [5.41, 5.74) is 1.90. The number of thiazole rings is 1. The Kier molecular flexibility index (Phi) is 9.97. The molecule has 1 N–H and O–H groups in total. The molecule has 4 nitrogen and oxygen atoms in total. The summed E-state index contributed by atoms with van der Waals surface area (Å²) in [6, 6.07) is 7.94.